The molecular weight excluding hydrogens is 509 g/mol. The molecule has 3 aromatic rings. The fourth-order valence-corrected chi connectivity index (χ4v) is 2.46. The Hall–Kier alpha value is -2.70. The second-order valence-corrected chi connectivity index (χ2v) is 5.94. The van der Waals surface area contributed by atoms with Crippen LogP contribution in [0.1, 0.15) is 12.7 Å². The fourth-order valence-electron chi connectivity index (χ4n) is 2.46. The minimum absolute atomic E-state index is 0. The normalized spacial score (nSPS) is 11.1. The van der Waals surface area contributed by atoms with E-state index in [9.17, 15) is 8.78 Å². The molecule has 0 unspecified atom stereocenters. The molecule has 8 nitrogen and oxygen atoms in total. The van der Waals surface area contributed by atoms with E-state index in [1.54, 1.807) is 18.4 Å². The molecule has 0 bridgehead atoms. The Bertz CT molecular complexity index is 933. The quantitative estimate of drug-likeness (QED) is 0.170. The van der Waals surface area contributed by atoms with Gasteiger partial charge in [0.25, 0.3) is 0 Å². The number of ether oxygens (including phenoxy) is 1. The van der Waals surface area contributed by atoms with Gasteiger partial charge in [-0.3, -0.25) is 10.1 Å². The lowest BCUT2D eigenvalue weighted by Crippen LogP contribution is -2.39. The third-order valence-corrected chi connectivity index (χ3v) is 3.78. The number of nitrogens with one attached hydrogen (secondary N) is 3. The van der Waals surface area contributed by atoms with E-state index in [2.05, 4.69) is 30.8 Å². The summed E-state index contributed by atoms with van der Waals surface area (Å²) in [7, 11) is 0. The number of H-pyrrole nitrogens is 1. The highest BCUT2D eigenvalue weighted by Crippen LogP contribution is 2.17. The van der Waals surface area contributed by atoms with Crippen molar-refractivity contribution < 1.29 is 17.9 Å². The number of nitrogens with zero attached hydrogens (tertiary/aromatic N) is 3. The zero-order valence-corrected chi connectivity index (χ0v) is 18.7. The number of hydrogen-bond acceptors (Lipinski definition) is 5. The Morgan fingerprint density at radius 3 is 2.87 bits per heavy atom. The molecule has 0 spiro atoms. The topological polar surface area (TPSA) is 100 Å². The fraction of sp³-hybridized carbons (Fsp3) is 0.316. The van der Waals surface area contributed by atoms with Crippen LogP contribution in [0.15, 0.2) is 46.0 Å². The van der Waals surface area contributed by atoms with Gasteiger partial charge in [-0.25, -0.2) is 13.8 Å². The summed E-state index contributed by atoms with van der Waals surface area (Å²) < 4.78 is 37.0. The summed E-state index contributed by atoms with van der Waals surface area (Å²) in [5, 5.41) is 13.2. The minimum Gasteiger partial charge on any atom is -0.489 e. The Labute approximate surface area is 189 Å². The first-order chi connectivity index (χ1) is 14.2. The van der Waals surface area contributed by atoms with Gasteiger partial charge >= 0.3 is 0 Å². The molecule has 0 aliphatic heterocycles. The number of aliphatic imine (C=N–C) groups is 1. The highest BCUT2D eigenvalue weighted by molar-refractivity contribution is 14.0. The maximum Gasteiger partial charge on any atom is 0.216 e. The van der Waals surface area contributed by atoms with E-state index in [0.717, 1.165) is 12.1 Å². The van der Waals surface area contributed by atoms with Crippen LogP contribution in [-0.2, 0) is 6.42 Å². The van der Waals surface area contributed by atoms with E-state index in [1.807, 2.05) is 6.92 Å². The second-order valence-electron chi connectivity index (χ2n) is 5.94. The van der Waals surface area contributed by atoms with Crippen molar-refractivity contribution in [3.05, 3.63) is 54.1 Å². The molecule has 1 aromatic carbocycles. The predicted octanol–water partition coefficient (Wildman–Crippen LogP) is 3.14. The van der Waals surface area contributed by atoms with Gasteiger partial charge in [-0.05, 0) is 31.2 Å². The molecule has 0 radical (unpaired) electrons. The SMILES string of the molecule is CCNC(=NCCc1nc(-c2ccco2)n[nH]1)NCCOc1ccc(F)cc1F.I. The Morgan fingerprint density at radius 1 is 1.27 bits per heavy atom. The third kappa shape index (κ3) is 6.97. The molecule has 0 saturated carbocycles. The van der Waals surface area contributed by atoms with Crippen molar-refractivity contribution in [1.82, 2.24) is 25.8 Å². The van der Waals surface area contributed by atoms with E-state index < -0.39 is 11.6 Å². The smallest absolute Gasteiger partial charge is 0.216 e. The molecule has 0 saturated heterocycles. The maximum absolute atomic E-state index is 13.5. The molecule has 3 N–H and O–H groups in total. The number of benzene rings is 1. The average molecular weight is 532 g/mol. The van der Waals surface area contributed by atoms with Gasteiger partial charge in [0.05, 0.1) is 12.8 Å². The summed E-state index contributed by atoms with van der Waals surface area (Å²) in [4.78, 5) is 8.82. The summed E-state index contributed by atoms with van der Waals surface area (Å²) in [5.41, 5.74) is 0. The second kappa shape index (κ2) is 12.1. The number of hydrogen-bond donors (Lipinski definition) is 3. The molecule has 0 aliphatic carbocycles. The van der Waals surface area contributed by atoms with Crippen molar-refractivity contribution in [1.29, 1.82) is 0 Å². The highest BCUT2D eigenvalue weighted by atomic mass is 127. The van der Waals surface area contributed by atoms with Crippen molar-refractivity contribution in [3.8, 4) is 17.3 Å². The van der Waals surface area contributed by atoms with Crippen molar-refractivity contribution in [2.45, 2.75) is 13.3 Å². The van der Waals surface area contributed by atoms with Crippen LogP contribution in [-0.4, -0.2) is 47.4 Å². The van der Waals surface area contributed by atoms with Crippen LogP contribution in [0.4, 0.5) is 8.78 Å². The molecule has 0 aliphatic rings. The summed E-state index contributed by atoms with van der Waals surface area (Å²) in [6.07, 6.45) is 2.14. The van der Waals surface area contributed by atoms with Crippen LogP contribution in [0, 0.1) is 11.6 Å². The first-order valence-electron chi connectivity index (χ1n) is 9.21. The average Bonchev–Trinajstić information content (AvgIpc) is 3.38. The van der Waals surface area contributed by atoms with Crippen LogP contribution in [0.3, 0.4) is 0 Å². The zero-order chi connectivity index (χ0) is 20.5. The predicted molar refractivity (Wildman–Crippen MR) is 119 cm³/mol. The lowest BCUT2D eigenvalue weighted by molar-refractivity contribution is 0.304. The van der Waals surface area contributed by atoms with Gasteiger partial charge in [0.2, 0.25) is 5.82 Å². The molecule has 30 heavy (non-hydrogen) atoms. The number of halogens is 3. The first kappa shape index (κ1) is 23.6. The van der Waals surface area contributed by atoms with Gasteiger partial charge in [0.15, 0.2) is 23.3 Å². The molecule has 0 amide bonds. The third-order valence-electron chi connectivity index (χ3n) is 3.78. The standard InChI is InChI=1S/C19H22F2N6O2.HI/c1-2-22-19(24-9-11-29-15-6-5-13(20)12-14(15)21)23-8-7-17-25-18(27-26-17)16-4-3-10-28-16;/h3-6,10,12H,2,7-9,11H2,1H3,(H2,22,23,24)(H,25,26,27);1H. The van der Waals surface area contributed by atoms with E-state index in [1.165, 1.54) is 6.07 Å². The van der Waals surface area contributed by atoms with Crippen molar-refractivity contribution in [2.24, 2.45) is 4.99 Å². The lowest BCUT2D eigenvalue weighted by atomic mass is 10.3. The van der Waals surface area contributed by atoms with E-state index in [4.69, 9.17) is 9.15 Å². The van der Waals surface area contributed by atoms with E-state index in [0.29, 0.717) is 49.4 Å². The first-order valence-corrected chi connectivity index (χ1v) is 9.21. The number of aromatic amines is 1. The Balaban J connectivity index is 0.00000320. The number of rotatable bonds is 9. The minimum atomic E-state index is -0.730. The van der Waals surface area contributed by atoms with Crippen LogP contribution < -0.4 is 15.4 Å². The van der Waals surface area contributed by atoms with Gasteiger partial charge in [-0.2, -0.15) is 5.10 Å². The summed E-state index contributed by atoms with van der Waals surface area (Å²) in [6.45, 7) is 3.71. The monoisotopic (exact) mass is 532 g/mol. The van der Waals surface area contributed by atoms with Gasteiger partial charge in [0.1, 0.15) is 18.2 Å². The van der Waals surface area contributed by atoms with Gasteiger partial charge in [0, 0.05) is 25.6 Å². The lowest BCUT2D eigenvalue weighted by Gasteiger charge is -2.12. The molecule has 0 fully saturated rings. The van der Waals surface area contributed by atoms with Gasteiger partial charge in [-0.15, -0.1) is 24.0 Å². The van der Waals surface area contributed by atoms with Crippen LogP contribution >= 0.6 is 24.0 Å². The van der Waals surface area contributed by atoms with Gasteiger partial charge < -0.3 is 19.8 Å². The molecular formula is C19H23F2IN6O2. The summed E-state index contributed by atoms with van der Waals surface area (Å²) in [5.74, 6) is 1.04. The van der Waals surface area contributed by atoms with Gasteiger partial charge in [-0.1, -0.05) is 0 Å². The summed E-state index contributed by atoms with van der Waals surface area (Å²) in [6, 6.07) is 6.77. The number of aromatic nitrogens is 3. The molecule has 11 heteroatoms. The zero-order valence-electron chi connectivity index (χ0n) is 16.3. The molecule has 2 heterocycles. The molecule has 162 valence electrons. The van der Waals surface area contributed by atoms with Crippen LogP contribution in [0.2, 0.25) is 0 Å². The number of furan rings is 1. The molecule has 0 atom stereocenters. The van der Waals surface area contributed by atoms with Crippen molar-refractivity contribution in [2.75, 3.05) is 26.2 Å². The van der Waals surface area contributed by atoms with E-state index in [-0.39, 0.29) is 36.3 Å². The van der Waals surface area contributed by atoms with Crippen molar-refractivity contribution >= 4 is 29.9 Å². The van der Waals surface area contributed by atoms with Crippen LogP contribution in [0.5, 0.6) is 5.75 Å². The largest absolute Gasteiger partial charge is 0.489 e. The summed E-state index contributed by atoms with van der Waals surface area (Å²) >= 11 is 0. The molecule has 2 aromatic heterocycles. The Kier molecular flexibility index (Phi) is 9.51. The van der Waals surface area contributed by atoms with Crippen molar-refractivity contribution in [3.63, 3.8) is 0 Å². The van der Waals surface area contributed by atoms with Crippen LogP contribution in [0.25, 0.3) is 11.6 Å². The highest BCUT2D eigenvalue weighted by Gasteiger charge is 2.08. The maximum atomic E-state index is 13.5. The number of guanidine groups is 1. The molecule has 3 rings (SSSR count). The Morgan fingerprint density at radius 2 is 2.13 bits per heavy atom. The van der Waals surface area contributed by atoms with E-state index >= 15 is 0 Å².